The number of pyridine rings is 1. The van der Waals surface area contributed by atoms with Crippen LogP contribution < -0.4 is 10.5 Å². The fourth-order valence-corrected chi connectivity index (χ4v) is 1.65. The Labute approximate surface area is 119 Å². The van der Waals surface area contributed by atoms with E-state index in [2.05, 4.69) is 10.1 Å². The summed E-state index contributed by atoms with van der Waals surface area (Å²) in [6, 6.07) is 7.56. The van der Waals surface area contributed by atoms with Crippen LogP contribution in [0.25, 0.3) is 0 Å². The highest BCUT2D eigenvalue weighted by Gasteiger charge is 2.16. The number of aryl methyl sites for hydroxylation is 1. The molecular weight excluding hydrogens is 276 g/mol. The average molecular weight is 288 g/mol. The van der Waals surface area contributed by atoms with E-state index >= 15 is 0 Å². The molecule has 108 valence electrons. The number of oxime groups is 1. The Morgan fingerprint density at radius 3 is 2.86 bits per heavy atom. The lowest BCUT2D eigenvalue weighted by Gasteiger charge is -2.07. The predicted molar refractivity (Wildman–Crippen MR) is 74.7 cm³/mol. The largest absolute Gasteiger partial charge is 0.450 e. The minimum Gasteiger partial charge on any atom is -0.450 e. The lowest BCUT2D eigenvalue weighted by molar-refractivity contribution is -0.385. The molecule has 2 rings (SSSR count). The van der Waals surface area contributed by atoms with Crippen LogP contribution in [-0.2, 0) is 0 Å². The van der Waals surface area contributed by atoms with Gasteiger partial charge in [0.1, 0.15) is 11.4 Å². The monoisotopic (exact) mass is 288 g/mol. The molecule has 2 aromatic rings. The second-order valence-corrected chi connectivity index (χ2v) is 4.19. The molecule has 0 saturated heterocycles. The first-order valence-electron chi connectivity index (χ1n) is 5.88. The maximum absolute atomic E-state index is 11.0. The van der Waals surface area contributed by atoms with Crippen LogP contribution in [0.15, 0.2) is 41.7 Å². The highest BCUT2D eigenvalue weighted by atomic mass is 16.6. The molecule has 0 spiro atoms. The number of rotatable bonds is 4. The Balaban J connectivity index is 2.37. The zero-order valence-corrected chi connectivity index (χ0v) is 11.1. The summed E-state index contributed by atoms with van der Waals surface area (Å²) in [5.74, 6) is 0.208. The molecule has 8 nitrogen and oxygen atoms in total. The fourth-order valence-electron chi connectivity index (χ4n) is 1.65. The first-order chi connectivity index (χ1) is 10.0. The van der Waals surface area contributed by atoms with Crippen LogP contribution in [0.2, 0.25) is 0 Å². The quantitative estimate of drug-likeness (QED) is 0.292. The lowest BCUT2D eigenvalue weighted by Crippen LogP contribution is -2.14. The number of ether oxygens (including phenoxy) is 1. The van der Waals surface area contributed by atoms with Crippen molar-refractivity contribution in [1.82, 2.24) is 4.98 Å². The molecule has 3 N–H and O–H groups in total. The second-order valence-electron chi connectivity index (χ2n) is 4.19. The molecule has 8 heteroatoms. The number of hydrogen-bond donors (Lipinski definition) is 2. The van der Waals surface area contributed by atoms with E-state index in [1.165, 1.54) is 30.5 Å². The standard InChI is InChI=1S/C13H12N4O4/c1-8-2-3-12(11(6-8)17(19)20)21-9-4-5-15-10(7-9)13(14)16-18/h2-7,18H,1H3,(H2,14,16). The van der Waals surface area contributed by atoms with Gasteiger partial charge < -0.3 is 15.7 Å². The van der Waals surface area contributed by atoms with Crippen molar-refractivity contribution in [2.45, 2.75) is 6.92 Å². The van der Waals surface area contributed by atoms with E-state index in [-0.39, 0.29) is 23.0 Å². The van der Waals surface area contributed by atoms with Crippen LogP contribution in [0, 0.1) is 17.0 Å². The SMILES string of the molecule is Cc1ccc(Oc2ccnc(C(N)=NO)c2)c([N+](=O)[O-])c1. The van der Waals surface area contributed by atoms with Crippen LogP contribution in [0.3, 0.4) is 0 Å². The normalized spacial score (nSPS) is 11.2. The number of nitro benzene ring substituents is 1. The van der Waals surface area contributed by atoms with Gasteiger partial charge in [0.2, 0.25) is 5.75 Å². The summed E-state index contributed by atoms with van der Waals surface area (Å²) < 4.78 is 5.49. The fraction of sp³-hybridized carbons (Fsp3) is 0.0769. The molecule has 0 aliphatic rings. The van der Waals surface area contributed by atoms with Crippen molar-refractivity contribution in [1.29, 1.82) is 0 Å². The molecule has 0 fully saturated rings. The van der Waals surface area contributed by atoms with Crippen LogP contribution in [0.5, 0.6) is 11.5 Å². The van der Waals surface area contributed by atoms with Gasteiger partial charge in [0.05, 0.1) is 4.92 Å². The summed E-state index contributed by atoms with van der Waals surface area (Å²) in [4.78, 5) is 14.4. The minimum absolute atomic E-state index is 0.0993. The van der Waals surface area contributed by atoms with E-state index in [1.54, 1.807) is 13.0 Å². The van der Waals surface area contributed by atoms with Crippen molar-refractivity contribution < 1.29 is 14.9 Å². The van der Waals surface area contributed by atoms with Crippen molar-refractivity contribution in [2.24, 2.45) is 10.9 Å². The highest BCUT2D eigenvalue weighted by Crippen LogP contribution is 2.31. The van der Waals surface area contributed by atoms with Gasteiger partial charge in [-0.2, -0.15) is 0 Å². The Bertz CT molecular complexity index is 715. The Morgan fingerprint density at radius 1 is 1.43 bits per heavy atom. The van der Waals surface area contributed by atoms with E-state index in [0.717, 1.165) is 5.56 Å². The van der Waals surface area contributed by atoms with E-state index in [4.69, 9.17) is 15.7 Å². The van der Waals surface area contributed by atoms with Crippen LogP contribution in [0.4, 0.5) is 5.69 Å². The number of benzene rings is 1. The summed E-state index contributed by atoms with van der Waals surface area (Å²) in [5.41, 5.74) is 6.24. The molecule has 21 heavy (non-hydrogen) atoms. The smallest absolute Gasteiger partial charge is 0.311 e. The third-order valence-corrected chi connectivity index (χ3v) is 2.64. The lowest BCUT2D eigenvalue weighted by atomic mass is 10.2. The van der Waals surface area contributed by atoms with Gasteiger partial charge in [-0.1, -0.05) is 11.2 Å². The molecule has 1 aromatic heterocycles. The molecule has 0 radical (unpaired) electrons. The first kappa shape index (κ1) is 14.3. The Hall–Kier alpha value is -3.16. The van der Waals surface area contributed by atoms with E-state index in [0.29, 0.717) is 5.75 Å². The van der Waals surface area contributed by atoms with Gasteiger partial charge in [-0.15, -0.1) is 0 Å². The van der Waals surface area contributed by atoms with Gasteiger partial charge in [-0.05, 0) is 24.6 Å². The number of nitrogens with two attached hydrogens (primary N) is 1. The summed E-state index contributed by atoms with van der Waals surface area (Å²) in [5, 5.41) is 22.5. The molecule has 0 atom stereocenters. The molecule has 0 aliphatic heterocycles. The van der Waals surface area contributed by atoms with E-state index < -0.39 is 4.92 Å². The summed E-state index contributed by atoms with van der Waals surface area (Å²) >= 11 is 0. The topological polar surface area (TPSA) is 124 Å². The van der Waals surface area contributed by atoms with Crippen LogP contribution in [0.1, 0.15) is 11.3 Å². The number of aromatic nitrogens is 1. The van der Waals surface area contributed by atoms with Crippen molar-refractivity contribution in [3.8, 4) is 11.5 Å². The molecule has 1 heterocycles. The number of hydrogen-bond acceptors (Lipinski definition) is 6. The molecular formula is C13H12N4O4. The maximum Gasteiger partial charge on any atom is 0.311 e. The summed E-state index contributed by atoms with van der Waals surface area (Å²) in [7, 11) is 0. The molecule has 1 aromatic carbocycles. The third kappa shape index (κ3) is 3.24. The second kappa shape index (κ2) is 5.87. The van der Waals surface area contributed by atoms with Gasteiger partial charge in [0.15, 0.2) is 5.84 Å². The van der Waals surface area contributed by atoms with Gasteiger partial charge in [-0.3, -0.25) is 15.1 Å². The highest BCUT2D eigenvalue weighted by molar-refractivity contribution is 5.95. The molecule has 0 saturated carbocycles. The summed E-state index contributed by atoms with van der Waals surface area (Å²) in [6.45, 7) is 1.75. The number of nitro groups is 1. The first-order valence-corrected chi connectivity index (χ1v) is 5.88. The van der Waals surface area contributed by atoms with Gasteiger partial charge in [0, 0.05) is 18.3 Å². The molecule has 0 bridgehead atoms. The van der Waals surface area contributed by atoms with Crippen molar-refractivity contribution in [3.05, 3.63) is 57.9 Å². The Morgan fingerprint density at radius 2 is 2.19 bits per heavy atom. The maximum atomic E-state index is 11.0. The number of nitrogens with zero attached hydrogens (tertiary/aromatic N) is 3. The summed E-state index contributed by atoms with van der Waals surface area (Å²) in [6.07, 6.45) is 1.39. The van der Waals surface area contributed by atoms with E-state index in [9.17, 15) is 10.1 Å². The van der Waals surface area contributed by atoms with Gasteiger partial charge in [0.25, 0.3) is 0 Å². The van der Waals surface area contributed by atoms with Crippen molar-refractivity contribution in [3.63, 3.8) is 0 Å². The van der Waals surface area contributed by atoms with Gasteiger partial charge >= 0.3 is 5.69 Å². The molecule has 0 amide bonds. The minimum atomic E-state index is -0.520. The Kier molecular flexibility index (Phi) is 3.98. The zero-order valence-electron chi connectivity index (χ0n) is 11.1. The molecule has 0 aliphatic carbocycles. The van der Waals surface area contributed by atoms with Crippen molar-refractivity contribution >= 4 is 11.5 Å². The van der Waals surface area contributed by atoms with Crippen molar-refractivity contribution in [2.75, 3.05) is 0 Å². The molecule has 0 unspecified atom stereocenters. The van der Waals surface area contributed by atoms with Gasteiger partial charge in [-0.25, -0.2) is 0 Å². The number of amidine groups is 1. The predicted octanol–water partition coefficient (Wildman–Crippen LogP) is 2.19. The zero-order chi connectivity index (χ0) is 15.4. The van der Waals surface area contributed by atoms with Crippen LogP contribution >= 0.6 is 0 Å². The van der Waals surface area contributed by atoms with E-state index in [1.807, 2.05) is 0 Å². The third-order valence-electron chi connectivity index (χ3n) is 2.64. The average Bonchev–Trinajstić information content (AvgIpc) is 2.48. The van der Waals surface area contributed by atoms with Crippen LogP contribution in [-0.4, -0.2) is 21.0 Å².